The summed E-state index contributed by atoms with van der Waals surface area (Å²) in [5.74, 6) is 0.187. The van der Waals surface area contributed by atoms with Crippen LogP contribution in [0, 0.1) is 0 Å². The van der Waals surface area contributed by atoms with Crippen LogP contribution in [0.1, 0.15) is 25.3 Å². The highest BCUT2D eigenvalue weighted by molar-refractivity contribution is 9.10. The van der Waals surface area contributed by atoms with E-state index in [1.54, 1.807) is 0 Å². The number of carbonyl (C=O) groups is 2. The second kappa shape index (κ2) is 5.81. The summed E-state index contributed by atoms with van der Waals surface area (Å²) in [6, 6.07) is 7.65. The van der Waals surface area contributed by atoms with Crippen LogP contribution >= 0.6 is 15.9 Å². The Hall–Kier alpha value is -0.960. The average Bonchev–Trinajstić information content (AvgIpc) is 2.19. The van der Waals surface area contributed by atoms with Gasteiger partial charge in [-0.25, -0.2) is 0 Å². The third kappa shape index (κ3) is 4.88. The van der Waals surface area contributed by atoms with Crippen LogP contribution in [0.15, 0.2) is 28.7 Å². The van der Waals surface area contributed by atoms with Crippen LogP contribution in [-0.2, 0) is 16.0 Å². The molecule has 15 heavy (non-hydrogen) atoms. The minimum Gasteiger partial charge on any atom is -0.300 e. The molecule has 0 spiro atoms. The molecule has 0 unspecified atom stereocenters. The summed E-state index contributed by atoms with van der Waals surface area (Å²) in [7, 11) is 0. The quantitative estimate of drug-likeness (QED) is 0.823. The molecule has 0 atom stereocenters. The third-order valence-corrected chi connectivity index (χ3v) is 2.60. The van der Waals surface area contributed by atoms with Crippen molar-refractivity contribution in [3.05, 3.63) is 34.3 Å². The molecule has 0 radical (unpaired) electrons. The Balaban J connectivity index is 2.44. The van der Waals surface area contributed by atoms with E-state index in [0.29, 0.717) is 19.3 Å². The number of Topliss-reactive ketones (excluding diaryl/α,β-unsaturated/α-hetero) is 2. The summed E-state index contributed by atoms with van der Waals surface area (Å²) in [5, 5.41) is 0. The Kier molecular flexibility index (Phi) is 4.69. The fraction of sp³-hybridized carbons (Fsp3) is 0.333. The van der Waals surface area contributed by atoms with Crippen molar-refractivity contribution in [2.24, 2.45) is 0 Å². The van der Waals surface area contributed by atoms with Gasteiger partial charge in [-0.2, -0.15) is 0 Å². The second-order valence-corrected chi connectivity index (χ2v) is 4.46. The molecule has 0 amide bonds. The molecule has 2 nitrogen and oxygen atoms in total. The Bertz CT molecular complexity index is 354. The van der Waals surface area contributed by atoms with E-state index in [4.69, 9.17) is 0 Å². The molecule has 0 aliphatic rings. The van der Waals surface area contributed by atoms with E-state index in [2.05, 4.69) is 15.9 Å². The van der Waals surface area contributed by atoms with Gasteiger partial charge < -0.3 is 4.79 Å². The Morgan fingerprint density at radius 3 is 2.27 bits per heavy atom. The third-order valence-electron chi connectivity index (χ3n) is 2.07. The van der Waals surface area contributed by atoms with Crippen molar-refractivity contribution < 1.29 is 9.59 Å². The van der Waals surface area contributed by atoms with Crippen LogP contribution in [0.4, 0.5) is 0 Å². The second-order valence-electron chi connectivity index (χ2n) is 3.54. The molecular formula is C12H13BrO2. The molecule has 0 aliphatic heterocycles. The maximum atomic E-state index is 11.4. The maximum Gasteiger partial charge on any atom is 0.137 e. The van der Waals surface area contributed by atoms with Gasteiger partial charge in [-0.05, 0) is 24.6 Å². The molecule has 1 aromatic carbocycles. The molecule has 1 rings (SSSR count). The number of carbonyl (C=O) groups excluding carboxylic acids is 2. The molecule has 0 aliphatic carbocycles. The molecule has 0 bridgehead atoms. The van der Waals surface area contributed by atoms with Gasteiger partial charge in [0.25, 0.3) is 0 Å². The molecule has 0 aromatic heterocycles. The summed E-state index contributed by atoms with van der Waals surface area (Å²) in [6.45, 7) is 1.51. The van der Waals surface area contributed by atoms with Gasteiger partial charge in [0.1, 0.15) is 11.6 Å². The van der Waals surface area contributed by atoms with E-state index in [1.807, 2.05) is 24.3 Å². The maximum absolute atomic E-state index is 11.4. The van der Waals surface area contributed by atoms with Crippen LogP contribution in [0.25, 0.3) is 0 Å². The van der Waals surface area contributed by atoms with Gasteiger partial charge in [0, 0.05) is 23.7 Å². The minimum atomic E-state index is 0.0687. The lowest BCUT2D eigenvalue weighted by molar-refractivity contribution is -0.122. The van der Waals surface area contributed by atoms with E-state index < -0.39 is 0 Å². The fourth-order valence-electron chi connectivity index (χ4n) is 1.23. The van der Waals surface area contributed by atoms with Crippen molar-refractivity contribution >= 4 is 27.5 Å². The normalized spacial score (nSPS) is 10.0. The summed E-state index contributed by atoms with van der Waals surface area (Å²) in [4.78, 5) is 22.1. The van der Waals surface area contributed by atoms with E-state index in [0.717, 1.165) is 10.0 Å². The van der Waals surface area contributed by atoms with Gasteiger partial charge in [-0.1, -0.05) is 28.1 Å². The van der Waals surface area contributed by atoms with E-state index in [-0.39, 0.29) is 11.6 Å². The zero-order chi connectivity index (χ0) is 11.3. The van der Waals surface area contributed by atoms with Crippen LogP contribution in [0.3, 0.4) is 0 Å². The monoisotopic (exact) mass is 268 g/mol. The summed E-state index contributed by atoms with van der Waals surface area (Å²) < 4.78 is 1.00. The van der Waals surface area contributed by atoms with Crippen molar-refractivity contribution in [1.29, 1.82) is 0 Å². The summed E-state index contributed by atoms with van der Waals surface area (Å²) in [6.07, 6.45) is 1.13. The Labute approximate surface area is 97.8 Å². The number of hydrogen-bond donors (Lipinski definition) is 0. The Morgan fingerprint density at radius 2 is 1.73 bits per heavy atom. The predicted octanol–water partition coefficient (Wildman–Crippen LogP) is 2.93. The van der Waals surface area contributed by atoms with Gasteiger partial charge in [-0.15, -0.1) is 0 Å². The molecule has 0 fully saturated rings. The molecule has 0 heterocycles. The minimum absolute atomic E-state index is 0.0687. The number of benzene rings is 1. The first-order valence-corrected chi connectivity index (χ1v) is 5.63. The average molecular weight is 269 g/mol. The van der Waals surface area contributed by atoms with Gasteiger partial charge in [0.2, 0.25) is 0 Å². The van der Waals surface area contributed by atoms with Gasteiger partial charge in [-0.3, -0.25) is 4.79 Å². The Morgan fingerprint density at radius 1 is 1.13 bits per heavy atom. The molecular weight excluding hydrogens is 256 g/mol. The molecule has 1 aromatic rings. The van der Waals surface area contributed by atoms with Crippen molar-refractivity contribution in [1.82, 2.24) is 0 Å². The van der Waals surface area contributed by atoms with E-state index in [1.165, 1.54) is 6.92 Å². The number of halogens is 1. The fourth-order valence-corrected chi connectivity index (χ4v) is 1.50. The van der Waals surface area contributed by atoms with Crippen LogP contribution < -0.4 is 0 Å². The van der Waals surface area contributed by atoms with Gasteiger partial charge in [0.05, 0.1) is 0 Å². The largest absolute Gasteiger partial charge is 0.300 e. The lowest BCUT2D eigenvalue weighted by Gasteiger charge is -2.00. The topological polar surface area (TPSA) is 34.1 Å². The smallest absolute Gasteiger partial charge is 0.137 e. The number of hydrogen-bond acceptors (Lipinski definition) is 2. The summed E-state index contributed by atoms with van der Waals surface area (Å²) in [5.41, 5.74) is 0.992. The van der Waals surface area contributed by atoms with Crippen LogP contribution in [-0.4, -0.2) is 11.6 Å². The van der Waals surface area contributed by atoms with Crippen molar-refractivity contribution in [2.45, 2.75) is 26.2 Å². The van der Waals surface area contributed by atoms with Crippen LogP contribution in [0.5, 0.6) is 0 Å². The SMILES string of the molecule is CC(=O)CCC(=O)Cc1ccc(Br)cc1. The first kappa shape index (κ1) is 12.1. The predicted molar refractivity (Wildman–Crippen MR) is 62.8 cm³/mol. The number of rotatable bonds is 5. The highest BCUT2D eigenvalue weighted by Crippen LogP contribution is 2.11. The molecule has 3 heteroatoms. The standard InChI is InChI=1S/C12H13BrO2/c1-9(14)2-7-12(15)8-10-3-5-11(13)6-4-10/h3-6H,2,7-8H2,1H3. The number of ketones is 2. The lowest BCUT2D eigenvalue weighted by atomic mass is 10.1. The van der Waals surface area contributed by atoms with Crippen molar-refractivity contribution in [3.63, 3.8) is 0 Å². The van der Waals surface area contributed by atoms with Crippen molar-refractivity contribution in [3.8, 4) is 0 Å². The highest BCUT2D eigenvalue weighted by atomic mass is 79.9. The van der Waals surface area contributed by atoms with Crippen LogP contribution in [0.2, 0.25) is 0 Å². The molecule has 80 valence electrons. The lowest BCUT2D eigenvalue weighted by Crippen LogP contribution is -2.04. The van der Waals surface area contributed by atoms with Crippen molar-refractivity contribution in [2.75, 3.05) is 0 Å². The first-order valence-electron chi connectivity index (χ1n) is 4.83. The van der Waals surface area contributed by atoms with Gasteiger partial charge in [0.15, 0.2) is 0 Å². The highest BCUT2D eigenvalue weighted by Gasteiger charge is 2.05. The first-order chi connectivity index (χ1) is 7.08. The zero-order valence-electron chi connectivity index (χ0n) is 8.63. The van der Waals surface area contributed by atoms with E-state index in [9.17, 15) is 9.59 Å². The van der Waals surface area contributed by atoms with Gasteiger partial charge >= 0.3 is 0 Å². The molecule has 0 saturated heterocycles. The molecule has 0 saturated carbocycles. The summed E-state index contributed by atoms with van der Waals surface area (Å²) >= 11 is 3.33. The van der Waals surface area contributed by atoms with E-state index >= 15 is 0 Å². The zero-order valence-corrected chi connectivity index (χ0v) is 10.2. The molecule has 0 N–H and O–H groups in total.